The zero-order chi connectivity index (χ0) is 25.1. The zero-order valence-corrected chi connectivity index (χ0v) is 21.4. The Morgan fingerprint density at radius 3 is 2.56 bits per heavy atom. The monoisotopic (exact) mass is 509 g/mol. The van der Waals surface area contributed by atoms with Gasteiger partial charge in [0.15, 0.2) is 5.15 Å². The Morgan fingerprint density at radius 1 is 1.11 bits per heavy atom. The molecule has 1 saturated carbocycles. The standard InChI is InChI=1S/C26H32ClN7O2/c1-16(34(2)26-29-12-17(13-30-26)11-23(35)32-21-14-36-15-21)18-3-6-20(7-4-18)31-22-8-5-19-9-10-28-25(27)24(19)33-22/h5,8-10,12-13,16,18,20-21H,3-4,6-7,11,14-15H2,1-2H3,(H,31,33)(H,32,35)/t16-,18?,20?/m0/s1. The van der Waals surface area contributed by atoms with Crippen molar-refractivity contribution in [3.05, 3.63) is 47.5 Å². The van der Waals surface area contributed by atoms with E-state index >= 15 is 0 Å². The van der Waals surface area contributed by atoms with E-state index in [2.05, 4.69) is 42.4 Å². The van der Waals surface area contributed by atoms with Crippen LogP contribution in [-0.4, -0.2) is 64.2 Å². The highest BCUT2D eigenvalue weighted by atomic mass is 35.5. The van der Waals surface area contributed by atoms with Gasteiger partial charge in [0.1, 0.15) is 11.3 Å². The Morgan fingerprint density at radius 2 is 1.86 bits per heavy atom. The number of carbonyl (C=O) groups excluding carboxylic acids is 1. The highest BCUT2D eigenvalue weighted by Gasteiger charge is 2.28. The van der Waals surface area contributed by atoms with Gasteiger partial charge in [0.25, 0.3) is 0 Å². The molecule has 2 N–H and O–H groups in total. The van der Waals surface area contributed by atoms with E-state index in [-0.39, 0.29) is 18.4 Å². The summed E-state index contributed by atoms with van der Waals surface area (Å²) in [4.78, 5) is 32.1. The molecule has 36 heavy (non-hydrogen) atoms. The summed E-state index contributed by atoms with van der Waals surface area (Å²) in [6, 6.07) is 6.78. The van der Waals surface area contributed by atoms with Gasteiger partial charge in [0, 0.05) is 43.1 Å². The molecule has 9 nitrogen and oxygen atoms in total. The van der Waals surface area contributed by atoms with Crippen LogP contribution in [0.4, 0.5) is 11.8 Å². The maximum atomic E-state index is 12.1. The van der Waals surface area contributed by atoms with E-state index in [9.17, 15) is 4.79 Å². The van der Waals surface area contributed by atoms with Crippen molar-refractivity contribution in [2.24, 2.45) is 5.92 Å². The predicted molar refractivity (Wildman–Crippen MR) is 140 cm³/mol. The summed E-state index contributed by atoms with van der Waals surface area (Å²) in [6.07, 6.45) is 9.86. The van der Waals surface area contributed by atoms with Gasteiger partial charge in [-0.25, -0.2) is 19.9 Å². The lowest BCUT2D eigenvalue weighted by Crippen LogP contribution is -2.49. The molecule has 0 spiro atoms. The number of rotatable bonds is 8. The molecule has 1 atom stereocenters. The van der Waals surface area contributed by atoms with Gasteiger partial charge in [0.2, 0.25) is 11.9 Å². The van der Waals surface area contributed by atoms with Crippen molar-refractivity contribution in [2.45, 2.75) is 57.2 Å². The van der Waals surface area contributed by atoms with Crippen LogP contribution in [-0.2, 0) is 16.0 Å². The Balaban J connectivity index is 1.11. The first-order chi connectivity index (χ1) is 17.5. The maximum absolute atomic E-state index is 12.1. The van der Waals surface area contributed by atoms with Gasteiger partial charge in [-0.3, -0.25) is 4.79 Å². The van der Waals surface area contributed by atoms with Crippen LogP contribution in [0.15, 0.2) is 36.8 Å². The molecule has 2 fully saturated rings. The summed E-state index contributed by atoms with van der Waals surface area (Å²) in [5.74, 6) is 2.06. The van der Waals surface area contributed by atoms with Gasteiger partial charge in [-0.15, -0.1) is 0 Å². The summed E-state index contributed by atoms with van der Waals surface area (Å²) < 4.78 is 5.09. The average Bonchev–Trinajstić information content (AvgIpc) is 2.87. The van der Waals surface area contributed by atoms with Crippen LogP contribution in [0.1, 0.15) is 38.2 Å². The molecule has 4 heterocycles. The molecule has 3 aromatic rings. The summed E-state index contributed by atoms with van der Waals surface area (Å²) >= 11 is 6.22. The van der Waals surface area contributed by atoms with Gasteiger partial charge in [0.05, 0.1) is 25.7 Å². The number of nitrogens with zero attached hydrogens (tertiary/aromatic N) is 5. The van der Waals surface area contributed by atoms with Gasteiger partial charge < -0.3 is 20.3 Å². The minimum absolute atomic E-state index is 0.0228. The van der Waals surface area contributed by atoms with Crippen LogP contribution < -0.4 is 15.5 Å². The van der Waals surface area contributed by atoms with E-state index in [0.717, 1.165) is 48.0 Å². The quantitative estimate of drug-likeness (QED) is 0.443. The third kappa shape index (κ3) is 5.68. The lowest BCUT2D eigenvalue weighted by atomic mass is 9.81. The number of hydrogen-bond donors (Lipinski definition) is 2. The third-order valence-electron chi connectivity index (χ3n) is 7.36. The van der Waals surface area contributed by atoms with Crippen molar-refractivity contribution in [2.75, 3.05) is 30.5 Å². The third-order valence-corrected chi connectivity index (χ3v) is 7.63. The van der Waals surface area contributed by atoms with Crippen molar-refractivity contribution in [1.29, 1.82) is 0 Å². The second kappa shape index (κ2) is 10.9. The number of hydrogen-bond acceptors (Lipinski definition) is 8. The Kier molecular flexibility index (Phi) is 7.48. The largest absolute Gasteiger partial charge is 0.377 e. The van der Waals surface area contributed by atoms with E-state index < -0.39 is 0 Å². The van der Waals surface area contributed by atoms with E-state index in [1.165, 1.54) is 0 Å². The van der Waals surface area contributed by atoms with Crippen LogP contribution in [0.5, 0.6) is 0 Å². The summed E-state index contributed by atoms with van der Waals surface area (Å²) in [5, 5.41) is 7.95. The minimum Gasteiger partial charge on any atom is -0.377 e. The minimum atomic E-state index is -0.0228. The number of pyridine rings is 2. The molecule has 1 amide bonds. The number of ether oxygens (including phenoxy) is 1. The molecule has 2 aliphatic rings. The van der Waals surface area contributed by atoms with E-state index in [4.69, 9.17) is 16.3 Å². The smallest absolute Gasteiger partial charge is 0.225 e. The first kappa shape index (κ1) is 24.6. The van der Waals surface area contributed by atoms with Gasteiger partial charge in [-0.05, 0) is 62.3 Å². The second-order valence-electron chi connectivity index (χ2n) is 9.85. The van der Waals surface area contributed by atoms with E-state index in [1.54, 1.807) is 18.6 Å². The fourth-order valence-electron chi connectivity index (χ4n) is 4.95. The van der Waals surface area contributed by atoms with Crippen LogP contribution in [0.3, 0.4) is 0 Å². The lowest BCUT2D eigenvalue weighted by molar-refractivity contribution is -0.124. The van der Waals surface area contributed by atoms with Crippen LogP contribution in [0.2, 0.25) is 5.15 Å². The molecule has 0 radical (unpaired) electrons. The first-order valence-corrected chi connectivity index (χ1v) is 12.9. The molecule has 1 aliphatic carbocycles. The van der Waals surface area contributed by atoms with Crippen molar-refractivity contribution in [3.8, 4) is 0 Å². The SMILES string of the molecule is C[C@@H](C1CCC(Nc2ccc3ccnc(Cl)c3n2)CC1)N(C)c1ncc(CC(=O)NC2COC2)cn1. The molecule has 0 unspecified atom stereocenters. The normalized spacial score (nSPS) is 21.0. The van der Waals surface area contributed by atoms with Gasteiger partial charge >= 0.3 is 0 Å². The fraction of sp³-hybridized carbons (Fsp3) is 0.500. The van der Waals surface area contributed by atoms with Crippen molar-refractivity contribution < 1.29 is 9.53 Å². The Labute approximate surface area is 216 Å². The number of amides is 1. The topological polar surface area (TPSA) is 105 Å². The lowest BCUT2D eigenvalue weighted by Gasteiger charge is -2.37. The van der Waals surface area contributed by atoms with Gasteiger partial charge in [-0.2, -0.15) is 0 Å². The zero-order valence-electron chi connectivity index (χ0n) is 20.7. The average molecular weight is 510 g/mol. The molecule has 1 aliphatic heterocycles. The Bertz CT molecular complexity index is 1200. The maximum Gasteiger partial charge on any atom is 0.225 e. The summed E-state index contributed by atoms with van der Waals surface area (Å²) in [5.41, 5.74) is 1.54. The highest BCUT2D eigenvalue weighted by molar-refractivity contribution is 6.33. The van der Waals surface area contributed by atoms with Crippen LogP contribution >= 0.6 is 11.6 Å². The molecule has 5 rings (SSSR count). The van der Waals surface area contributed by atoms with Gasteiger partial charge in [-0.1, -0.05) is 11.6 Å². The fourth-order valence-corrected chi connectivity index (χ4v) is 5.16. The number of carbonyl (C=O) groups is 1. The number of halogens is 1. The van der Waals surface area contributed by atoms with Crippen LogP contribution in [0.25, 0.3) is 10.9 Å². The molecule has 0 aromatic carbocycles. The molecular weight excluding hydrogens is 478 g/mol. The molecule has 10 heteroatoms. The highest BCUT2D eigenvalue weighted by Crippen LogP contribution is 2.31. The molecule has 3 aromatic heterocycles. The van der Waals surface area contributed by atoms with Crippen molar-refractivity contribution in [1.82, 2.24) is 25.3 Å². The second-order valence-corrected chi connectivity index (χ2v) is 10.2. The summed E-state index contributed by atoms with van der Waals surface area (Å²) in [7, 11) is 2.05. The Hall–Kier alpha value is -3.04. The molecule has 1 saturated heterocycles. The molecule has 190 valence electrons. The number of anilines is 2. The number of nitrogens with one attached hydrogen (secondary N) is 2. The van der Waals surface area contributed by atoms with Crippen LogP contribution in [0, 0.1) is 5.92 Å². The van der Waals surface area contributed by atoms with E-state index in [1.807, 2.05) is 25.2 Å². The summed E-state index contributed by atoms with van der Waals surface area (Å²) in [6.45, 7) is 3.42. The van der Waals surface area contributed by atoms with Crippen molar-refractivity contribution in [3.63, 3.8) is 0 Å². The number of fused-ring (bicyclic) bond motifs is 1. The number of aromatic nitrogens is 4. The first-order valence-electron chi connectivity index (χ1n) is 12.5. The predicted octanol–water partition coefficient (Wildman–Crippen LogP) is 3.63. The molecule has 0 bridgehead atoms. The van der Waals surface area contributed by atoms with E-state index in [0.29, 0.717) is 42.3 Å². The molecular formula is C26H32ClN7O2. The van der Waals surface area contributed by atoms with Crippen molar-refractivity contribution >= 4 is 40.2 Å².